The lowest BCUT2D eigenvalue weighted by Gasteiger charge is -1.91. The third-order valence-electron chi connectivity index (χ3n) is 1.44. The van der Waals surface area contributed by atoms with E-state index in [1.54, 1.807) is 18.3 Å². The van der Waals surface area contributed by atoms with E-state index in [4.69, 9.17) is 17.3 Å². The molecule has 0 radical (unpaired) electrons. The van der Waals surface area contributed by atoms with E-state index >= 15 is 0 Å². The van der Waals surface area contributed by atoms with Gasteiger partial charge in [-0.25, -0.2) is 0 Å². The highest BCUT2D eigenvalue weighted by Crippen LogP contribution is 2.07. The minimum Gasteiger partial charge on any atom is -0.377 e. The van der Waals surface area contributed by atoms with E-state index < -0.39 is 0 Å². The molecular weight excluding hydrogens is 253 g/mol. The SMILES string of the molecule is CSC(N)=NN=Cc1ccc(Cl)cc1.Cl. The molecule has 0 fully saturated rings. The van der Waals surface area contributed by atoms with Crippen molar-refractivity contribution >= 4 is 47.2 Å². The van der Waals surface area contributed by atoms with Gasteiger partial charge in [0, 0.05) is 5.02 Å². The first-order chi connectivity index (χ1) is 6.72. The summed E-state index contributed by atoms with van der Waals surface area (Å²) in [4.78, 5) is 0. The summed E-state index contributed by atoms with van der Waals surface area (Å²) < 4.78 is 0. The Morgan fingerprint density at radius 2 is 2.00 bits per heavy atom. The van der Waals surface area contributed by atoms with Gasteiger partial charge in [0.1, 0.15) is 0 Å². The summed E-state index contributed by atoms with van der Waals surface area (Å²) in [6.07, 6.45) is 3.47. The Morgan fingerprint density at radius 1 is 1.40 bits per heavy atom. The summed E-state index contributed by atoms with van der Waals surface area (Å²) in [7, 11) is 0. The minimum absolute atomic E-state index is 0. The van der Waals surface area contributed by atoms with Crippen LogP contribution in [0.25, 0.3) is 0 Å². The van der Waals surface area contributed by atoms with Gasteiger partial charge in [0.05, 0.1) is 6.21 Å². The minimum atomic E-state index is 0. The molecule has 0 saturated heterocycles. The Kier molecular flexibility index (Phi) is 7.21. The monoisotopic (exact) mass is 263 g/mol. The number of rotatable bonds is 2. The Balaban J connectivity index is 0.00000196. The smallest absolute Gasteiger partial charge is 0.180 e. The van der Waals surface area contributed by atoms with Crippen molar-refractivity contribution in [3.8, 4) is 0 Å². The van der Waals surface area contributed by atoms with Crippen LogP contribution in [0.15, 0.2) is 34.5 Å². The lowest BCUT2D eigenvalue weighted by atomic mass is 10.2. The standard InChI is InChI=1S/C9H10ClN3S.ClH/c1-14-9(11)13-12-6-7-2-4-8(10)5-3-7;/h2-6H,1H3,(H2,11,13);1H. The average Bonchev–Trinajstić information content (AvgIpc) is 2.21. The molecule has 0 atom stereocenters. The predicted octanol–water partition coefficient (Wildman–Crippen LogP) is 2.77. The number of hydrogen-bond acceptors (Lipinski definition) is 3. The maximum atomic E-state index is 5.72. The van der Waals surface area contributed by atoms with Gasteiger partial charge in [0.25, 0.3) is 0 Å². The molecule has 3 nitrogen and oxygen atoms in total. The molecule has 1 aromatic carbocycles. The van der Waals surface area contributed by atoms with Crippen molar-refractivity contribution in [2.45, 2.75) is 0 Å². The highest BCUT2D eigenvalue weighted by molar-refractivity contribution is 8.13. The fraction of sp³-hybridized carbons (Fsp3) is 0.111. The lowest BCUT2D eigenvalue weighted by molar-refractivity contribution is 1.25. The lowest BCUT2D eigenvalue weighted by Crippen LogP contribution is -2.03. The maximum absolute atomic E-state index is 5.72. The zero-order chi connectivity index (χ0) is 10.4. The molecule has 0 aliphatic carbocycles. The molecule has 2 N–H and O–H groups in total. The number of amidine groups is 1. The molecule has 0 aromatic heterocycles. The Morgan fingerprint density at radius 3 is 2.53 bits per heavy atom. The molecule has 0 bridgehead atoms. The van der Waals surface area contributed by atoms with Crippen LogP contribution in [-0.2, 0) is 0 Å². The van der Waals surface area contributed by atoms with Crippen LogP contribution < -0.4 is 5.73 Å². The van der Waals surface area contributed by atoms with E-state index in [1.165, 1.54) is 11.8 Å². The van der Waals surface area contributed by atoms with Crippen LogP contribution in [0.2, 0.25) is 5.02 Å². The number of hydrogen-bond donors (Lipinski definition) is 1. The molecule has 82 valence electrons. The van der Waals surface area contributed by atoms with Gasteiger partial charge in [-0.05, 0) is 24.0 Å². The van der Waals surface area contributed by atoms with Crippen LogP contribution in [0.1, 0.15) is 5.56 Å². The van der Waals surface area contributed by atoms with E-state index in [-0.39, 0.29) is 12.4 Å². The van der Waals surface area contributed by atoms with Crippen molar-refractivity contribution in [3.63, 3.8) is 0 Å². The first kappa shape index (κ1) is 14.3. The van der Waals surface area contributed by atoms with Crippen LogP contribution in [0.3, 0.4) is 0 Å². The third-order valence-corrected chi connectivity index (χ3v) is 2.19. The second-order valence-electron chi connectivity index (χ2n) is 2.44. The van der Waals surface area contributed by atoms with Gasteiger partial charge in [-0.3, -0.25) is 0 Å². The molecule has 0 heterocycles. The van der Waals surface area contributed by atoms with Crippen molar-refractivity contribution in [1.82, 2.24) is 0 Å². The van der Waals surface area contributed by atoms with Gasteiger partial charge in [-0.1, -0.05) is 35.5 Å². The van der Waals surface area contributed by atoms with E-state index in [1.807, 2.05) is 18.4 Å². The van der Waals surface area contributed by atoms with Gasteiger partial charge < -0.3 is 5.73 Å². The van der Waals surface area contributed by atoms with Gasteiger partial charge in [-0.2, -0.15) is 5.10 Å². The fourth-order valence-corrected chi connectivity index (χ4v) is 0.997. The van der Waals surface area contributed by atoms with E-state index in [2.05, 4.69) is 10.2 Å². The molecule has 0 spiro atoms. The predicted molar refractivity (Wildman–Crippen MR) is 71.4 cm³/mol. The molecule has 0 saturated carbocycles. The van der Waals surface area contributed by atoms with Crippen molar-refractivity contribution < 1.29 is 0 Å². The van der Waals surface area contributed by atoms with Crippen LogP contribution in [-0.4, -0.2) is 17.6 Å². The van der Waals surface area contributed by atoms with E-state index in [0.717, 1.165) is 5.56 Å². The molecule has 6 heteroatoms. The largest absolute Gasteiger partial charge is 0.377 e. The van der Waals surface area contributed by atoms with Crippen molar-refractivity contribution in [2.75, 3.05) is 6.26 Å². The third kappa shape index (κ3) is 5.67. The second-order valence-corrected chi connectivity index (χ2v) is 3.70. The molecule has 15 heavy (non-hydrogen) atoms. The highest BCUT2D eigenvalue weighted by atomic mass is 35.5. The van der Waals surface area contributed by atoms with Gasteiger partial charge in [0.15, 0.2) is 5.17 Å². The summed E-state index contributed by atoms with van der Waals surface area (Å²) in [6, 6.07) is 7.31. The van der Waals surface area contributed by atoms with Crippen LogP contribution in [0.5, 0.6) is 0 Å². The van der Waals surface area contributed by atoms with Crippen LogP contribution in [0, 0.1) is 0 Å². The summed E-state index contributed by atoms with van der Waals surface area (Å²) in [5.74, 6) is 0. The fourth-order valence-electron chi connectivity index (χ4n) is 0.742. The number of nitrogens with two attached hydrogens (primary N) is 1. The van der Waals surface area contributed by atoms with Gasteiger partial charge in [0.2, 0.25) is 0 Å². The van der Waals surface area contributed by atoms with Gasteiger partial charge >= 0.3 is 0 Å². The Labute approximate surface area is 104 Å². The van der Waals surface area contributed by atoms with Crippen molar-refractivity contribution in [1.29, 1.82) is 0 Å². The number of benzene rings is 1. The number of halogens is 2. The average molecular weight is 264 g/mol. The molecular formula is C9H11Cl2N3S. The topological polar surface area (TPSA) is 50.7 Å². The van der Waals surface area contributed by atoms with E-state index in [0.29, 0.717) is 10.2 Å². The second kappa shape index (κ2) is 7.56. The zero-order valence-corrected chi connectivity index (χ0v) is 10.4. The first-order valence-electron chi connectivity index (χ1n) is 3.88. The summed E-state index contributed by atoms with van der Waals surface area (Å²) >= 11 is 7.08. The molecule has 1 rings (SSSR count). The highest BCUT2D eigenvalue weighted by Gasteiger charge is 1.88. The number of nitrogens with zero attached hydrogens (tertiary/aromatic N) is 2. The van der Waals surface area contributed by atoms with Crippen LogP contribution in [0.4, 0.5) is 0 Å². The summed E-state index contributed by atoms with van der Waals surface area (Å²) in [6.45, 7) is 0. The van der Waals surface area contributed by atoms with Crippen molar-refractivity contribution in [2.24, 2.45) is 15.9 Å². The normalized spacial score (nSPS) is 11.5. The maximum Gasteiger partial charge on any atom is 0.180 e. The molecule has 0 unspecified atom stereocenters. The van der Waals surface area contributed by atoms with Crippen LogP contribution >= 0.6 is 35.8 Å². The first-order valence-corrected chi connectivity index (χ1v) is 5.48. The van der Waals surface area contributed by atoms with Gasteiger partial charge in [-0.15, -0.1) is 17.5 Å². The Hall–Kier alpha value is -0.710. The van der Waals surface area contributed by atoms with Crippen molar-refractivity contribution in [3.05, 3.63) is 34.9 Å². The molecule has 0 aliphatic heterocycles. The Bertz CT molecular complexity index is 349. The molecule has 0 amide bonds. The zero-order valence-electron chi connectivity index (χ0n) is 8.05. The van der Waals surface area contributed by atoms with E-state index in [9.17, 15) is 0 Å². The number of thioether (sulfide) groups is 1. The summed E-state index contributed by atoms with van der Waals surface area (Å²) in [5.41, 5.74) is 6.38. The molecule has 1 aromatic rings. The quantitative estimate of drug-likeness (QED) is 0.507. The summed E-state index contributed by atoms with van der Waals surface area (Å²) in [5, 5.41) is 8.71. The molecule has 0 aliphatic rings.